The minimum absolute atomic E-state index is 0.132. The van der Waals surface area contributed by atoms with E-state index in [0.717, 1.165) is 0 Å². The number of anilines is 1. The highest BCUT2D eigenvalue weighted by molar-refractivity contribution is 5.97. The van der Waals surface area contributed by atoms with Crippen LogP contribution in [0.4, 0.5) is 10.5 Å². The van der Waals surface area contributed by atoms with Crippen molar-refractivity contribution in [3.8, 4) is 11.5 Å². The molecule has 0 atom stereocenters. The molecule has 8 nitrogen and oxygen atoms in total. The number of rotatable bonds is 2. The predicted octanol–water partition coefficient (Wildman–Crippen LogP) is 5.14. The highest BCUT2D eigenvalue weighted by Gasteiger charge is 2.27. The Balaban J connectivity index is 1.86. The third-order valence-electron chi connectivity index (χ3n) is 4.39. The van der Waals surface area contributed by atoms with E-state index in [9.17, 15) is 14.4 Å². The molecule has 8 heteroatoms. The van der Waals surface area contributed by atoms with Gasteiger partial charge in [0.25, 0.3) is 0 Å². The SMILES string of the molecule is CC(C)(C)OC(=O)Nc1ccc2c(c1)CCOc1c(cccc1C(=O)OC(C)(C)C)OC2=O. The van der Waals surface area contributed by atoms with Crippen LogP contribution in [-0.4, -0.2) is 35.8 Å². The summed E-state index contributed by atoms with van der Waals surface area (Å²) in [4.78, 5) is 37.7. The summed E-state index contributed by atoms with van der Waals surface area (Å²) in [6.45, 7) is 10.8. The van der Waals surface area contributed by atoms with Gasteiger partial charge in [-0.05, 0) is 77.4 Å². The van der Waals surface area contributed by atoms with E-state index in [1.165, 1.54) is 0 Å². The zero-order valence-corrected chi connectivity index (χ0v) is 19.7. The van der Waals surface area contributed by atoms with Crippen LogP contribution in [0.2, 0.25) is 0 Å². The van der Waals surface area contributed by atoms with Gasteiger partial charge in [-0.15, -0.1) is 0 Å². The molecule has 1 N–H and O–H groups in total. The lowest BCUT2D eigenvalue weighted by atomic mass is 10.0. The van der Waals surface area contributed by atoms with Crippen LogP contribution in [0.25, 0.3) is 0 Å². The zero-order chi connectivity index (χ0) is 24.4. The molecule has 1 amide bonds. The standard InChI is InChI=1S/C25H29NO7/c1-24(2,3)32-22(28)18-8-7-9-19-20(18)30-13-12-15-14-16(10-11-17(15)21(27)31-19)26-23(29)33-25(4,5)6/h7-11,14H,12-13H2,1-6H3,(H,26,29). The van der Waals surface area contributed by atoms with Crippen LogP contribution in [0, 0.1) is 0 Å². The number of amides is 1. The van der Waals surface area contributed by atoms with Crippen LogP contribution < -0.4 is 14.8 Å². The fraction of sp³-hybridized carbons (Fsp3) is 0.400. The molecule has 0 aromatic heterocycles. The first-order valence-electron chi connectivity index (χ1n) is 10.7. The average molecular weight is 456 g/mol. The molecule has 0 aliphatic carbocycles. The first-order chi connectivity index (χ1) is 15.3. The molecule has 0 radical (unpaired) electrons. The first kappa shape index (κ1) is 24.1. The lowest BCUT2D eigenvalue weighted by Crippen LogP contribution is -2.27. The summed E-state index contributed by atoms with van der Waals surface area (Å²) in [6, 6.07) is 9.57. The van der Waals surface area contributed by atoms with Crippen molar-refractivity contribution in [3.63, 3.8) is 0 Å². The quantitative estimate of drug-likeness (QED) is 0.494. The van der Waals surface area contributed by atoms with Crippen molar-refractivity contribution < 1.29 is 33.3 Å². The maximum absolute atomic E-state index is 12.9. The molecule has 0 saturated heterocycles. The van der Waals surface area contributed by atoms with Gasteiger partial charge < -0.3 is 18.9 Å². The van der Waals surface area contributed by atoms with Gasteiger partial charge in [-0.3, -0.25) is 5.32 Å². The van der Waals surface area contributed by atoms with Crippen molar-refractivity contribution in [2.75, 3.05) is 11.9 Å². The smallest absolute Gasteiger partial charge is 0.412 e. The van der Waals surface area contributed by atoms with Crippen molar-refractivity contribution in [2.45, 2.75) is 59.2 Å². The summed E-state index contributed by atoms with van der Waals surface area (Å²) in [5, 5.41) is 2.66. The maximum atomic E-state index is 12.9. The van der Waals surface area contributed by atoms with Gasteiger partial charge in [0.2, 0.25) is 0 Å². The molecule has 0 bridgehead atoms. The van der Waals surface area contributed by atoms with Crippen LogP contribution in [0.15, 0.2) is 36.4 Å². The van der Waals surface area contributed by atoms with Crippen molar-refractivity contribution >= 4 is 23.7 Å². The fourth-order valence-corrected chi connectivity index (χ4v) is 3.16. The highest BCUT2D eigenvalue weighted by Crippen LogP contribution is 2.35. The largest absolute Gasteiger partial charge is 0.488 e. The Hall–Kier alpha value is -3.55. The van der Waals surface area contributed by atoms with Crippen LogP contribution in [0.1, 0.15) is 67.8 Å². The van der Waals surface area contributed by atoms with E-state index < -0.39 is 29.2 Å². The summed E-state index contributed by atoms with van der Waals surface area (Å²) < 4.78 is 22.2. The van der Waals surface area contributed by atoms with Gasteiger partial charge in [0.05, 0.1) is 12.2 Å². The zero-order valence-electron chi connectivity index (χ0n) is 19.7. The number of fused-ring (bicyclic) bond motifs is 2. The van der Waals surface area contributed by atoms with Gasteiger partial charge in [0.1, 0.15) is 16.8 Å². The molecule has 2 aromatic rings. The Labute approximate surface area is 193 Å². The summed E-state index contributed by atoms with van der Waals surface area (Å²) in [6.07, 6.45) is -0.255. The number of hydrogen-bond acceptors (Lipinski definition) is 7. The van der Waals surface area contributed by atoms with E-state index in [2.05, 4.69) is 5.32 Å². The fourth-order valence-electron chi connectivity index (χ4n) is 3.16. The van der Waals surface area contributed by atoms with Crippen molar-refractivity contribution in [1.29, 1.82) is 0 Å². The van der Waals surface area contributed by atoms with Gasteiger partial charge in [-0.25, -0.2) is 14.4 Å². The van der Waals surface area contributed by atoms with Gasteiger partial charge in [-0.1, -0.05) is 6.07 Å². The Morgan fingerprint density at radius 2 is 1.67 bits per heavy atom. The monoisotopic (exact) mass is 455 g/mol. The van der Waals surface area contributed by atoms with E-state index in [4.69, 9.17) is 18.9 Å². The van der Waals surface area contributed by atoms with Gasteiger partial charge in [0, 0.05) is 12.1 Å². The molecular formula is C25H29NO7. The van der Waals surface area contributed by atoms with E-state index in [-0.39, 0.29) is 23.7 Å². The number of para-hydroxylation sites is 1. The minimum Gasteiger partial charge on any atom is -0.488 e. The van der Waals surface area contributed by atoms with Gasteiger partial charge in [0.15, 0.2) is 11.5 Å². The Bertz CT molecular complexity index is 1080. The third-order valence-corrected chi connectivity index (χ3v) is 4.39. The lowest BCUT2D eigenvalue weighted by Gasteiger charge is -2.21. The van der Waals surface area contributed by atoms with E-state index in [1.807, 2.05) is 0 Å². The number of nitrogens with one attached hydrogen (secondary N) is 1. The first-order valence-corrected chi connectivity index (χ1v) is 10.7. The van der Waals surface area contributed by atoms with Crippen molar-refractivity contribution in [2.24, 2.45) is 0 Å². The molecule has 1 heterocycles. The molecule has 2 aromatic carbocycles. The molecule has 0 spiro atoms. The molecule has 33 heavy (non-hydrogen) atoms. The normalized spacial score (nSPS) is 13.7. The average Bonchev–Trinajstić information content (AvgIpc) is 2.72. The lowest BCUT2D eigenvalue weighted by molar-refractivity contribution is 0.00644. The topological polar surface area (TPSA) is 100 Å². The predicted molar refractivity (Wildman–Crippen MR) is 122 cm³/mol. The second-order valence-corrected chi connectivity index (χ2v) is 9.62. The Morgan fingerprint density at radius 1 is 0.970 bits per heavy atom. The van der Waals surface area contributed by atoms with E-state index in [0.29, 0.717) is 23.2 Å². The van der Waals surface area contributed by atoms with Crippen molar-refractivity contribution in [1.82, 2.24) is 0 Å². The highest BCUT2D eigenvalue weighted by atomic mass is 16.6. The molecule has 0 saturated carbocycles. The van der Waals surface area contributed by atoms with Crippen LogP contribution in [0.5, 0.6) is 11.5 Å². The molecule has 0 unspecified atom stereocenters. The number of carbonyl (C=O) groups excluding carboxylic acids is 3. The molecular weight excluding hydrogens is 426 g/mol. The molecule has 1 aliphatic heterocycles. The molecule has 176 valence electrons. The number of hydrogen-bond donors (Lipinski definition) is 1. The maximum Gasteiger partial charge on any atom is 0.412 e. The molecule has 0 fully saturated rings. The number of esters is 2. The van der Waals surface area contributed by atoms with E-state index >= 15 is 0 Å². The Morgan fingerprint density at radius 3 is 2.33 bits per heavy atom. The second kappa shape index (κ2) is 9.13. The van der Waals surface area contributed by atoms with Crippen molar-refractivity contribution in [3.05, 3.63) is 53.1 Å². The molecule has 1 aliphatic rings. The summed E-state index contributed by atoms with van der Waals surface area (Å²) >= 11 is 0. The number of ether oxygens (including phenoxy) is 4. The minimum atomic E-state index is -0.692. The summed E-state index contributed by atoms with van der Waals surface area (Å²) in [7, 11) is 0. The van der Waals surface area contributed by atoms with Gasteiger partial charge in [-0.2, -0.15) is 0 Å². The summed E-state index contributed by atoms with van der Waals surface area (Å²) in [5.41, 5.74) is 0.281. The number of carbonyl (C=O) groups is 3. The second-order valence-electron chi connectivity index (χ2n) is 9.62. The van der Waals surface area contributed by atoms with Crippen LogP contribution in [-0.2, 0) is 15.9 Å². The van der Waals surface area contributed by atoms with E-state index in [1.54, 1.807) is 77.9 Å². The third kappa shape index (κ3) is 6.47. The van der Waals surface area contributed by atoms with Crippen LogP contribution in [0.3, 0.4) is 0 Å². The van der Waals surface area contributed by atoms with Gasteiger partial charge >= 0.3 is 18.0 Å². The number of benzene rings is 2. The Kier molecular flexibility index (Phi) is 6.67. The summed E-state index contributed by atoms with van der Waals surface area (Å²) in [5.74, 6) is -0.884. The van der Waals surface area contributed by atoms with Crippen LogP contribution >= 0.6 is 0 Å². The molecule has 3 rings (SSSR count).